The molecular weight excluding hydrogens is 540 g/mol. The van der Waals surface area contributed by atoms with E-state index in [0.717, 1.165) is 12.8 Å². The predicted octanol–water partition coefficient (Wildman–Crippen LogP) is 5.03. The van der Waals surface area contributed by atoms with Gasteiger partial charge in [0.15, 0.2) is 0 Å². The van der Waals surface area contributed by atoms with E-state index in [2.05, 4.69) is 0 Å². The minimum atomic E-state index is -1.44. The van der Waals surface area contributed by atoms with Crippen molar-refractivity contribution in [2.45, 2.75) is 99.8 Å². The fourth-order valence-electron chi connectivity index (χ4n) is 5.55. The molecule has 0 radical (unpaired) electrons. The number of carbonyl (C=O) groups excluding carboxylic acids is 3. The third-order valence-electron chi connectivity index (χ3n) is 8.06. The molecule has 0 spiro atoms. The van der Waals surface area contributed by atoms with E-state index in [9.17, 15) is 24.3 Å². The Balaban J connectivity index is 6.62. The Kier molecular flexibility index (Phi) is 16.9. The molecule has 0 aliphatic rings. The van der Waals surface area contributed by atoms with Crippen molar-refractivity contribution in [1.82, 2.24) is 9.80 Å². The van der Waals surface area contributed by atoms with Crippen LogP contribution in [0.2, 0.25) is 0 Å². The molecule has 246 valence electrons. The molecule has 0 rings (SSSR count). The third kappa shape index (κ3) is 12.6. The van der Waals surface area contributed by atoms with Crippen molar-refractivity contribution in [2.24, 2.45) is 21.7 Å². The Labute approximate surface area is 254 Å². The van der Waals surface area contributed by atoms with Crippen molar-refractivity contribution < 1.29 is 38.5 Å². The molecule has 0 aliphatic carbocycles. The minimum absolute atomic E-state index is 0.0230. The highest BCUT2D eigenvalue weighted by Crippen LogP contribution is 2.51. The Morgan fingerprint density at radius 3 is 1.52 bits per heavy atom. The second-order valence-electron chi connectivity index (χ2n) is 13.6. The molecule has 10 nitrogen and oxygen atoms in total. The summed E-state index contributed by atoms with van der Waals surface area (Å²) in [6, 6.07) is 0. The highest BCUT2D eigenvalue weighted by Gasteiger charge is 2.54. The van der Waals surface area contributed by atoms with Gasteiger partial charge < -0.3 is 29.1 Å². The summed E-state index contributed by atoms with van der Waals surface area (Å²) in [5, 5.41) is 10.7. The first-order valence-corrected chi connectivity index (χ1v) is 15.4. The molecule has 0 amide bonds. The average Bonchev–Trinajstić information content (AvgIpc) is 2.87. The van der Waals surface area contributed by atoms with Crippen LogP contribution in [0.3, 0.4) is 0 Å². The van der Waals surface area contributed by atoms with Crippen LogP contribution in [0.1, 0.15) is 99.8 Å². The van der Waals surface area contributed by atoms with E-state index in [4.69, 9.17) is 14.2 Å². The number of hydrogen-bond donors (Lipinski definition) is 1. The second-order valence-corrected chi connectivity index (χ2v) is 13.6. The molecule has 0 aromatic heterocycles. The number of nitrogens with zero attached hydrogens (tertiary/aromatic N) is 2. The van der Waals surface area contributed by atoms with Gasteiger partial charge in [-0.2, -0.15) is 0 Å². The van der Waals surface area contributed by atoms with Gasteiger partial charge in [-0.1, -0.05) is 33.6 Å². The largest absolute Gasteiger partial charge is 0.481 e. The maximum atomic E-state index is 13.9. The van der Waals surface area contributed by atoms with Crippen molar-refractivity contribution in [3.63, 3.8) is 0 Å². The van der Waals surface area contributed by atoms with E-state index in [-0.39, 0.29) is 45.5 Å². The van der Waals surface area contributed by atoms with Crippen LogP contribution in [0.5, 0.6) is 0 Å². The molecule has 0 aromatic carbocycles. The molecule has 3 unspecified atom stereocenters. The number of rotatable bonds is 22. The van der Waals surface area contributed by atoms with E-state index in [0.29, 0.717) is 25.9 Å². The lowest BCUT2D eigenvalue weighted by Gasteiger charge is -2.43. The molecule has 3 atom stereocenters. The van der Waals surface area contributed by atoms with E-state index >= 15 is 0 Å². The van der Waals surface area contributed by atoms with Gasteiger partial charge in [0, 0.05) is 13.1 Å². The highest BCUT2D eigenvalue weighted by atomic mass is 16.5. The van der Waals surface area contributed by atoms with Gasteiger partial charge in [-0.05, 0) is 94.4 Å². The number of carbonyl (C=O) groups is 4. The van der Waals surface area contributed by atoms with Crippen LogP contribution in [0.15, 0.2) is 0 Å². The number of aliphatic carboxylic acids is 1. The van der Waals surface area contributed by atoms with Gasteiger partial charge in [-0.25, -0.2) is 0 Å². The van der Waals surface area contributed by atoms with Crippen LogP contribution in [-0.2, 0) is 33.4 Å². The molecule has 0 aliphatic heterocycles. The molecule has 10 heteroatoms. The monoisotopic (exact) mass is 600 g/mol. The summed E-state index contributed by atoms with van der Waals surface area (Å²) in [5.41, 5.74) is -4.98. The number of unbranched alkanes of at least 4 members (excludes halogenated alkanes) is 1. The van der Waals surface area contributed by atoms with E-state index in [1.165, 1.54) is 0 Å². The second kappa shape index (κ2) is 17.8. The van der Waals surface area contributed by atoms with Crippen LogP contribution >= 0.6 is 0 Å². The van der Waals surface area contributed by atoms with Crippen molar-refractivity contribution in [1.29, 1.82) is 0 Å². The first-order chi connectivity index (χ1) is 19.3. The lowest BCUT2D eigenvalue weighted by atomic mass is 9.59. The van der Waals surface area contributed by atoms with Crippen LogP contribution in [0.4, 0.5) is 0 Å². The summed E-state index contributed by atoms with van der Waals surface area (Å²) in [6.45, 7) is 14.2. The van der Waals surface area contributed by atoms with E-state index in [1.807, 2.05) is 58.8 Å². The standard InChI is InChI=1S/C32H60N2O8/c1-12-15-19-40-26(37)29(4,5)22-32(16-13-2,25(35)36)24-31(7,28(39)42-21-18-34(10)11)23-30(6,14-3)27(38)41-20-17-33(8)9/h12-24H2,1-11H3,(H,35,36). The number of ether oxygens (including phenoxy) is 3. The van der Waals surface area contributed by atoms with Gasteiger partial charge in [-0.3, -0.25) is 19.2 Å². The smallest absolute Gasteiger partial charge is 0.311 e. The van der Waals surface area contributed by atoms with Gasteiger partial charge in [0.2, 0.25) is 0 Å². The van der Waals surface area contributed by atoms with Gasteiger partial charge in [0.25, 0.3) is 0 Å². The number of carboxylic acids is 1. The zero-order valence-corrected chi connectivity index (χ0v) is 28.4. The zero-order chi connectivity index (χ0) is 32.8. The van der Waals surface area contributed by atoms with E-state index < -0.39 is 45.5 Å². The van der Waals surface area contributed by atoms with Crippen molar-refractivity contribution in [3.8, 4) is 0 Å². The van der Waals surface area contributed by atoms with Crippen molar-refractivity contribution >= 4 is 23.9 Å². The maximum Gasteiger partial charge on any atom is 0.311 e. The fraction of sp³-hybridized carbons (Fsp3) is 0.875. The molecule has 1 N–H and O–H groups in total. The SMILES string of the molecule is CCCCOC(=O)C(C)(C)CC(CCC)(CC(C)(CC(C)(CC)C(=O)OCCN(C)C)C(=O)OCCN(C)C)C(=O)O. The summed E-state index contributed by atoms with van der Waals surface area (Å²) in [6.07, 6.45) is 2.65. The summed E-state index contributed by atoms with van der Waals surface area (Å²) in [7, 11) is 7.49. The van der Waals surface area contributed by atoms with Crippen LogP contribution in [0, 0.1) is 21.7 Å². The Bertz CT molecular complexity index is 875. The average molecular weight is 601 g/mol. The fourth-order valence-corrected chi connectivity index (χ4v) is 5.55. The summed E-state index contributed by atoms with van der Waals surface area (Å²) in [5.74, 6) is -2.54. The summed E-state index contributed by atoms with van der Waals surface area (Å²) >= 11 is 0. The molecule has 0 saturated carbocycles. The lowest BCUT2D eigenvalue weighted by Crippen LogP contribution is -2.48. The van der Waals surface area contributed by atoms with Gasteiger partial charge in [-0.15, -0.1) is 0 Å². The van der Waals surface area contributed by atoms with Crippen molar-refractivity contribution in [2.75, 3.05) is 61.1 Å². The Morgan fingerprint density at radius 2 is 1.12 bits per heavy atom. The molecule has 0 heterocycles. The third-order valence-corrected chi connectivity index (χ3v) is 8.06. The number of likely N-dealkylation sites (N-methyl/N-ethyl adjacent to an activating group) is 2. The first kappa shape index (κ1) is 39.8. The molecule has 0 saturated heterocycles. The molecule has 0 bridgehead atoms. The van der Waals surface area contributed by atoms with Gasteiger partial charge >= 0.3 is 23.9 Å². The molecular formula is C32H60N2O8. The van der Waals surface area contributed by atoms with Gasteiger partial charge in [0.1, 0.15) is 13.2 Å². The van der Waals surface area contributed by atoms with Crippen LogP contribution in [0.25, 0.3) is 0 Å². The highest BCUT2D eigenvalue weighted by molar-refractivity contribution is 5.83. The molecule has 0 fully saturated rings. The first-order valence-electron chi connectivity index (χ1n) is 15.4. The number of hydrogen-bond acceptors (Lipinski definition) is 9. The number of esters is 3. The quantitative estimate of drug-likeness (QED) is 0.103. The van der Waals surface area contributed by atoms with E-state index in [1.54, 1.807) is 27.7 Å². The normalized spacial score (nSPS) is 16.3. The van der Waals surface area contributed by atoms with Crippen LogP contribution in [-0.4, -0.2) is 99.9 Å². The molecule has 42 heavy (non-hydrogen) atoms. The Morgan fingerprint density at radius 1 is 0.643 bits per heavy atom. The summed E-state index contributed by atoms with van der Waals surface area (Å²) in [4.78, 5) is 57.3. The zero-order valence-electron chi connectivity index (χ0n) is 28.4. The number of carboxylic acid groups (broad SMARTS) is 1. The maximum absolute atomic E-state index is 13.9. The van der Waals surface area contributed by atoms with Crippen molar-refractivity contribution in [3.05, 3.63) is 0 Å². The van der Waals surface area contributed by atoms with Crippen LogP contribution < -0.4 is 0 Å². The Hall–Kier alpha value is -2.20. The predicted molar refractivity (Wildman–Crippen MR) is 164 cm³/mol. The minimum Gasteiger partial charge on any atom is -0.481 e. The summed E-state index contributed by atoms with van der Waals surface area (Å²) < 4.78 is 16.8. The molecule has 0 aromatic rings. The van der Waals surface area contributed by atoms with Gasteiger partial charge in [0.05, 0.1) is 28.3 Å². The lowest BCUT2D eigenvalue weighted by molar-refractivity contribution is -0.171. The topological polar surface area (TPSA) is 123 Å².